The molecule has 1 aliphatic heterocycles. The molecule has 0 aliphatic carbocycles. The van der Waals surface area contributed by atoms with Gasteiger partial charge in [0.05, 0.1) is 18.3 Å². The number of aliphatic hydroxyl groups is 1. The Morgan fingerprint density at radius 2 is 0.856 bits per heavy atom. The first-order chi connectivity index (χ1) is 69.2. The monoisotopic (exact) mass is 2060 g/mol. The molecular formula is C101H134ClN23O20S. The number of primary amides is 1. The van der Waals surface area contributed by atoms with E-state index in [9.17, 15) is 48.9 Å². The largest absolute Gasteiger partial charge is 0.508 e. The second kappa shape index (κ2) is 56.7. The van der Waals surface area contributed by atoms with Gasteiger partial charge in [-0.25, -0.2) is 0 Å². The predicted molar refractivity (Wildman–Crippen MR) is 548 cm³/mol. The average Bonchev–Trinajstić information content (AvgIpc) is 1.68. The number of H-pyrrole nitrogens is 1. The molecule has 0 unspecified atom stereocenters. The highest BCUT2D eigenvalue weighted by Crippen LogP contribution is 2.25. The summed E-state index contributed by atoms with van der Waals surface area (Å²) in [6.07, 6.45) is -3.62. The molecule has 43 nitrogen and oxygen atoms in total. The van der Waals surface area contributed by atoms with Crippen molar-refractivity contribution in [2.24, 2.45) is 35.0 Å². The summed E-state index contributed by atoms with van der Waals surface area (Å²) in [7, 11) is 1.25. The first-order valence-electron chi connectivity index (χ1n) is 47.9. The van der Waals surface area contributed by atoms with Crippen LogP contribution in [0.15, 0.2) is 164 Å². The zero-order valence-corrected chi connectivity index (χ0v) is 84.5. The van der Waals surface area contributed by atoms with Gasteiger partial charge in [0.25, 0.3) is 0 Å². The molecule has 7 aromatic rings. The molecule has 1 saturated heterocycles. The number of aromatic hydroxyl groups is 1. The maximum atomic E-state index is 15.6. The van der Waals surface area contributed by atoms with Crippen LogP contribution in [-0.2, 0) is 114 Å². The zero-order valence-electron chi connectivity index (χ0n) is 82.9. The number of carboxylic acids is 1. The van der Waals surface area contributed by atoms with E-state index in [1.807, 2.05) is 30.3 Å². The van der Waals surface area contributed by atoms with E-state index in [0.717, 1.165) is 23.0 Å². The fourth-order valence-electron chi connectivity index (χ4n) is 15.9. The first kappa shape index (κ1) is 116. The van der Waals surface area contributed by atoms with Crippen LogP contribution in [-0.4, -0.2) is 266 Å². The Labute approximate surface area is 854 Å². The minimum Gasteiger partial charge on any atom is -0.508 e. The summed E-state index contributed by atoms with van der Waals surface area (Å²) in [4.78, 5) is 256. The van der Waals surface area contributed by atoms with E-state index in [0.29, 0.717) is 49.9 Å². The summed E-state index contributed by atoms with van der Waals surface area (Å²) in [6, 6.07) is 18.0. The van der Waals surface area contributed by atoms with E-state index in [4.69, 9.17) is 39.6 Å². The molecular weight excluding hydrogens is 1920 g/mol. The Morgan fingerprint density at radius 1 is 0.459 bits per heavy atom. The molecule has 8 rings (SSSR count). The minimum absolute atomic E-state index is 0.0168. The second-order valence-electron chi connectivity index (χ2n) is 37.0. The van der Waals surface area contributed by atoms with Gasteiger partial charge in [0.1, 0.15) is 96.4 Å². The fraction of sp³-hybridized carbons (Fsp3) is 0.436. The van der Waals surface area contributed by atoms with Gasteiger partial charge in [0, 0.05) is 80.1 Å². The summed E-state index contributed by atoms with van der Waals surface area (Å²) < 4.78 is 0. The summed E-state index contributed by atoms with van der Waals surface area (Å²) >= 11 is 7.05. The minimum atomic E-state index is -2.09. The fourth-order valence-corrected chi connectivity index (χ4v) is 16.9. The number of guanidine groups is 2. The summed E-state index contributed by atoms with van der Waals surface area (Å²) in [5.41, 5.74) is 21.1. The molecule has 28 N–H and O–H groups in total. The predicted octanol–water partition coefficient (Wildman–Crippen LogP) is 0.333. The standard InChI is InChI=1S/C101H134ClN23O20S/c1-53(2)43-72-93(139)123-83(55(5)6)97(143)124-84(58(9)126)98(144)121-79(95(141)111-56(7)85(103)131)51-146-52-80(128)112-73(44-59-21-13-11-14-22-59)88(134)117-75(47-62-33-39-67(127)40-34-62)91(137)119-78(49-81(129)130)92(138)118-77(48-65-50-110-69-26-18-17-25-68(65)69)94(140)122-82(54(3)4)96(142)120-76(45-60-29-35-64(36-30-60)63-23-15-12-16-24-63)90(136)114-71(28-20-42-109-101(106)107)99(145)125(10)57(8)86(132)115-74(46-61-31-37-66(102)38-32-61)89(135)113-70(87(133)116-72)27-19-41-108-100(104)105/h11-18,21-26,29-40,50,53-58,70-79,82-84,110,126-127H,19-20,27-28,41-49,51-52H2,1-10H3,(H2,103,131)(H,111,141)(H,112,128)(H,113,135)(H,114,136)(H,115,132)(H,116,133)(H,117,134)(H,118,138)(H,119,137)(H,120,142)(H,121,144)(H,122,140)(H,123,139)(H,124,143)(H,129,130)(H4,104,105,108)(H4,106,107,109)/t56-,57-,58+,70-,71-,72-,73-,74+,75-,76-,77-,78-,79-,82-,83-,84-/m0/s1. The highest BCUT2D eigenvalue weighted by molar-refractivity contribution is 8.00. The quantitative estimate of drug-likeness (QED) is 0.0171. The van der Waals surface area contributed by atoms with Crippen molar-refractivity contribution in [3.05, 3.63) is 197 Å². The third kappa shape index (κ3) is 36.9. The molecule has 16 atom stereocenters. The van der Waals surface area contributed by atoms with Crippen LogP contribution in [0.5, 0.6) is 5.75 Å². The number of carbonyl (C=O) groups is 17. The molecule has 0 saturated carbocycles. The Kier molecular flexibility index (Phi) is 45.1. The van der Waals surface area contributed by atoms with Crippen molar-refractivity contribution in [2.45, 2.75) is 230 Å². The van der Waals surface area contributed by atoms with E-state index in [1.54, 1.807) is 125 Å². The van der Waals surface area contributed by atoms with Crippen molar-refractivity contribution in [1.82, 2.24) is 95.0 Å². The number of phenols is 1. The van der Waals surface area contributed by atoms with E-state index in [-0.39, 0.29) is 88.1 Å². The van der Waals surface area contributed by atoms with Gasteiger partial charge in [0.2, 0.25) is 94.5 Å². The van der Waals surface area contributed by atoms with Crippen molar-refractivity contribution in [2.75, 3.05) is 31.6 Å². The summed E-state index contributed by atoms with van der Waals surface area (Å²) in [6.45, 7) is 13.2. The molecule has 1 fully saturated rings. The first-order valence-corrected chi connectivity index (χ1v) is 49.5. The Hall–Kier alpha value is -15.2. The van der Waals surface area contributed by atoms with Crippen molar-refractivity contribution >= 4 is 147 Å². The lowest BCUT2D eigenvalue weighted by Crippen LogP contribution is -2.63. The number of carboxylic acid groups (broad SMARTS) is 1. The molecule has 2 heterocycles. The van der Waals surface area contributed by atoms with Gasteiger partial charge in [-0.05, 0) is 140 Å². The third-order valence-electron chi connectivity index (χ3n) is 24.2. The molecule has 16 amide bonds. The number of likely N-dealkylation sites (N-methyl/N-ethyl adjacent to an activating group) is 1. The van der Waals surface area contributed by atoms with Crippen LogP contribution in [0.1, 0.15) is 129 Å². The number of carbonyl (C=O) groups excluding carboxylic acids is 16. The topological polar surface area (TPSA) is 688 Å². The van der Waals surface area contributed by atoms with Crippen LogP contribution in [0.3, 0.4) is 0 Å². The normalized spacial score (nSPS) is 22.6. The number of amides is 16. The number of rotatable bonds is 29. The second-order valence-corrected chi connectivity index (χ2v) is 38.5. The van der Waals surface area contributed by atoms with E-state index in [2.05, 4.69) is 90.1 Å². The number of aliphatic hydroxyl groups excluding tert-OH is 1. The molecule has 786 valence electrons. The average molecular weight is 2060 g/mol. The molecule has 0 radical (unpaired) electrons. The Morgan fingerprint density at radius 3 is 1.37 bits per heavy atom. The number of fused-ring (bicyclic) bond motifs is 1. The lowest BCUT2D eigenvalue weighted by atomic mass is 9.98. The van der Waals surface area contributed by atoms with Gasteiger partial charge in [-0.2, -0.15) is 0 Å². The number of phenolic OH excluding ortho intramolecular Hbond substituents is 1. The van der Waals surface area contributed by atoms with Crippen LogP contribution < -0.4 is 102 Å². The molecule has 0 bridgehead atoms. The molecule has 146 heavy (non-hydrogen) atoms. The molecule has 45 heteroatoms. The van der Waals surface area contributed by atoms with Crippen molar-refractivity contribution in [3.63, 3.8) is 0 Å². The Bertz CT molecular complexity index is 5730. The number of aromatic nitrogens is 1. The van der Waals surface area contributed by atoms with Gasteiger partial charge in [-0.1, -0.05) is 181 Å². The van der Waals surface area contributed by atoms with Crippen LogP contribution >= 0.6 is 23.4 Å². The van der Waals surface area contributed by atoms with Crippen LogP contribution in [0.25, 0.3) is 22.0 Å². The number of hydrogen-bond acceptors (Lipinski definition) is 22. The summed E-state index contributed by atoms with van der Waals surface area (Å²) in [5, 5.41) is 91.0. The lowest BCUT2D eigenvalue weighted by molar-refractivity contribution is -0.142. The maximum absolute atomic E-state index is 15.6. The zero-order chi connectivity index (χ0) is 107. The number of halogens is 1. The number of hydrogen-bond donors (Lipinski definition) is 25. The Balaban J connectivity index is 1.24. The number of benzene rings is 6. The molecule has 1 aromatic heterocycles. The highest BCUT2D eigenvalue weighted by Gasteiger charge is 2.42. The molecule has 0 spiro atoms. The van der Waals surface area contributed by atoms with E-state index < -0.39 is 245 Å². The van der Waals surface area contributed by atoms with Gasteiger partial charge in [0.15, 0.2) is 11.9 Å². The number of nitrogens with one attached hydrogen (secondary N) is 19. The highest BCUT2D eigenvalue weighted by atomic mass is 35.5. The van der Waals surface area contributed by atoms with Crippen molar-refractivity contribution < 1.29 is 96.8 Å². The molecule has 6 aromatic carbocycles. The number of aromatic amines is 1. The number of nitrogens with two attached hydrogens (primary N) is 3. The maximum Gasteiger partial charge on any atom is 0.305 e. The van der Waals surface area contributed by atoms with Gasteiger partial charge >= 0.3 is 5.97 Å². The van der Waals surface area contributed by atoms with Crippen molar-refractivity contribution in [3.8, 4) is 16.9 Å². The van der Waals surface area contributed by atoms with Gasteiger partial charge in [-0.3, -0.25) is 92.3 Å². The van der Waals surface area contributed by atoms with Crippen molar-refractivity contribution in [1.29, 1.82) is 10.8 Å². The van der Waals surface area contributed by atoms with Crippen LogP contribution in [0.4, 0.5) is 0 Å². The lowest BCUT2D eigenvalue weighted by Gasteiger charge is -2.32. The number of nitrogens with zero attached hydrogens (tertiary/aromatic N) is 1. The molecule has 1 aliphatic rings. The number of para-hydroxylation sites is 1. The summed E-state index contributed by atoms with van der Waals surface area (Å²) in [5.74, 6) is -22.5. The number of aliphatic carboxylic acids is 1. The van der Waals surface area contributed by atoms with E-state index >= 15 is 47.9 Å². The van der Waals surface area contributed by atoms with Crippen LogP contribution in [0, 0.1) is 28.6 Å². The van der Waals surface area contributed by atoms with Gasteiger partial charge < -0.3 is 127 Å². The van der Waals surface area contributed by atoms with Crippen LogP contribution in [0.2, 0.25) is 5.02 Å². The van der Waals surface area contributed by atoms with Gasteiger partial charge in [-0.15, -0.1) is 11.8 Å². The number of thioether (sulfide) groups is 1. The van der Waals surface area contributed by atoms with E-state index in [1.165, 1.54) is 71.1 Å². The smallest absolute Gasteiger partial charge is 0.305 e. The third-order valence-corrected chi connectivity index (χ3v) is 25.5. The SMILES string of the molecule is CC(C)C[C@@H]1NC(=O)[C@H](CCCNC(=N)N)NC(=O)[C@@H](Cc2ccc(Cl)cc2)NC(=O)[C@H](C)N(C)C(=O)[C@H](CCCNC(=N)N)NC(=O)[C@H](Cc2ccc(-c3ccccc3)cc2)NC(=O)[C@H](C(C)C)NC(=O)[C@H](Cc2c[nH]c3ccccc23)NC(=O)[C@H](CC(=O)O)NC(=O)[C@H](Cc2ccc(O)cc2)NC(=O)[C@H](Cc2ccccc2)NC(=O)CSC[C@@H](C(=O)N[C@@H](C)C(N)=O)NC(=O)[C@H]([C@@H](C)O)NC(=O)[C@H](C(C)C)NC1=O.